The van der Waals surface area contributed by atoms with Crippen LogP contribution in [0.1, 0.15) is 20.8 Å². The van der Waals surface area contributed by atoms with Gasteiger partial charge in [-0.15, -0.1) is 0 Å². The van der Waals surface area contributed by atoms with Crippen LogP contribution in [0.2, 0.25) is 0 Å². The van der Waals surface area contributed by atoms with Crippen molar-refractivity contribution in [3.63, 3.8) is 0 Å². The summed E-state index contributed by atoms with van der Waals surface area (Å²) in [7, 11) is 0. The summed E-state index contributed by atoms with van der Waals surface area (Å²) in [4.78, 5) is 55.0. The van der Waals surface area contributed by atoms with Gasteiger partial charge in [0.15, 0.2) is 0 Å². The fourth-order valence-corrected chi connectivity index (χ4v) is 3.45. The molecule has 1 saturated heterocycles. The first-order valence-electron chi connectivity index (χ1n) is 9.67. The van der Waals surface area contributed by atoms with Crippen LogP contribution in [0, 0.1) is 0 Å². The Kier molecular flexibility index (Phi) is 5.88. The minimum absolute atomic E-state index is 0.0384. The topological polar surface area (TPSA) is 108 Å². The van der Waals surface area contributed by atoms with Crippen molar-refractivity contribution in [2.24, 2.45) is 0 Å². The molecular weight excluding hydrogens is 374 g/mol. The first-order valence-corrected chi connectivity index (χ1v) is 9.67. The van der Waals surface area contributed by atoms with Crippen molar-refractivity contribution in [2.45, 2.75) is 32.9 Å². The summed E-state index contributed by atoms with van der Waals surface area (Å²) in [6.45, 7) is 8.10. The van der Waals surface area contributed by atoms with Crippen LogP contribution in [0.15, 0.2) is 33.9 Å². The average Bonchev–Trinajstić information content (AvgIpc) is 2.64. The summed E-state index contributed by atoms with van der Waals surface area (Å²) < 4.78 is 1.29. The van der Waals surface area contributed by atoms with Crippen LogP contribution in [0.3, 0.4) is 0 Å². The molecule has 2 heterocycles. The van der Waals surface area contributed by atoms with Crippen molar-refractivity contribution in [3.8, 4) is 0 Å². The molecule has 0 atom stereocenters. The molecule has 0 aliphatic carbocycles. The number of H-pyrrole nitrogens is 1. The molecule has 2 amide bonds. The van der Waals surface area contributed by atoms with E-state index in [1.165, 1.54) is 4.57 Å². The molecular formula is C20H27N5O4. The number of hydrogen-bond acceptors (Lipinski definition) is 5. The Morgan fingerprint density at radius 1 is 1.03 bits per heavy atom. The Morgan fingerprint density at radius 2 is 1.69 bits per heavy atom. The first kappa shape index (κ1) is 20.8. The summed E-state index contributed by atoms with van der Waals surface area (Å²) in [5, 5.41) is 3.30. The molecule has 2 N–H and O–H groups in total. The van der Waals surface area contributed by atoms with Crippen molar-refractivity contribution in [1.82, 2.24) is 24.7 Å². The van der Waals surface area contributed by atoms with Crippen molar-refractivity contribution in [1.29, 1.82) is 0 Å². The predicted octanol–water partition coefficient (Wildman–Crippen LogP) is -0.251. The normalized spacial score (nSPS) is 15.5. The third-order valence-corrected chi connectivity index (χ3v) is 4.81. The minimum Gasteiger partial charge on any atom is -0.350 e. The van der Waals surface area contributed by atoms with E-state index in [0.29, 0.717) is 43.6 Å². The molecule has 3 rings (SSSR count). The lowest BCUT2D eigenvalue weighted by Crippen LogP contribution is -2.53. The van der Waals surface area contributed by atoms with Crippen LogP contribution in [0.25, 0.3) is 10.9 Å². The van der Waals surface area contributed by atoms with Crippen LogP contribution in [-0.4, -0.2) is 69.4 Å². The number of amides is 2. The van der Waals surface area contributed by atoms with Crippen molar-refractivity contribution in [3.05, 3.63) is 45.1 Å². The number of piperazine rings is 1. The molecule has 1 aliphatic rings. The first-order chi connectivity index (χ1) is 13.6. The van der Waals surface area contributed by atoms with Gasteiger partial charge in [-0.2, -0.15) is 0 Å². The summed E-state index contributed by atoms with van der Waals surface area (Å²) in [5.74, 6) is -0.230. The van der Waals surface area contributed by atoms with Crippen LogP contribution in [0.4, 0.5) is 0 Å². The van der Waals surface area contributed by atoms with E-state index >= 15 is 0 Å². The van der Waals surface area contributed by atoms with Crippen LogP contribution in [-0.2, 0) is 16.1 Å². The number of nitrogens with one attached hydrogen (secondary N) is 2. The molecule has 0 saturated carbocycles. The third-order valence-electron chi connectivity index (χ3n) is 4.81. The molecule has 0 radical (unpaired) electrons. The van der Waals surface area contributed by atoms with E-state index in [1.807, 2.05) is 25.7 Å². The van der Waals surface area contributed by atoms with Gasteiger partial charge in [-0.3, -0.25) is 28.8 Å². The quantitative estimate of drug-likeness (QED) is 0.735. The largest absolute Gasteiger partial charge is 0.350 e. The summed E-state index contributed by atoms with van der Waals surface area (Å²) >= 11 is 0. The molecule has 0 unspecified atom stereocenters. The summed E-state index contributed by atoms with van der Waals surface area (Å²) in [5.41, 5.74) is -0.898. The molecule has 1 aromatic carbocycles. The number of fused-ring (bicyclic) bond motifs is 1. The zero-order chi connectivity index (χ0) is 21.2. The SMILES string of the molecule is CC(C)(C)NC(=O)CN1CCN(C(=O)Cn2c(=O)[nH]c(=O)c3ccccc32)CC1. The molecule has 1 fully saturated rings. The molecule has 9 heteroatoms. The van der Waals surface area contributed by atoms with Gasteiger partial charge in [0.1, 0.15) is 6.54 Å². The smallest absolute Gasteiger partial charge is 0.329 e. The van der Waals surface area contributed by atoms with Crippen LogP contribution >= 0.6 is 0 Å². The Labute approximate surface area is 168 Å². The van der Waals surface area contributed by atoms with Crippen molar-refractivity contribution >= 4 is 22.7 Å². The lowest BCUT2D eigenvalue weighted by Gasteiger charge is -2.35. The van der Waals surface area contributed by atoms with Gasteiger partial charge in [0.05, 0.1) is 17.4 Å². The molecule has 156 valence electrons. The Hall–Kier alpha value is -2.94. The third kappa shape index (κ3) is 5.11. The number of carbonyl (C=O) groups excluding carboxylic acids is 2. The molecule has 1 aliphatic heterocycles. The highest BCUT2D eigenvalue weighted by molar-refractivity contribution is 5.82. The van der Waals surface area contributed by atoms with Gasteiger partial charge >= 0.3 is 5.69 Å². The Balaban J connectivity index is 1.63. The summed E-state index contributed by atoms with van der Waals surface area (Å²) in [6.07, 6.45) is 0. The number of para-hydroxylation sites is 1. The second-order valence-corrected chi connectivity index (χ2v) is 8.32. The maximum Gasteiger partial charge on any atom is 0.329 e. The van der Waals surface area contributed by atoms with E-state index in [4.69, 9.17) is 0 Å². The maximum atomic E-state index is 12.7. The number of carbonyl (C=O) groups is 2. The van der Waals surface area contributed by atoms with Gasteiger partial charge in [-0.25, -0.2) is 4.79 Å². The zero-order valence-electron chi connectivity index (χ0n) is 17.0. The maximum absolute atomic E-state index is 12.7. The van der Waals surface area contributed by atoms with Gasteiger partial charge in [-0.05, 0) is 32.9 Å². The Bertz CT molecular complexity index is 1030. The number of rotatable bonds is 4. The van der Waals surface area contributed by atoms with Crippen LogP contribution < -0.4 is 16.6 Å². The van der Waals surface area contributed by atoms with E-state index < -0.39 is 11.2 Å². The lowest BCUT2D eigenvalue weighted by atomic mass is 10.1. The Morgan fingerprint density at radius 3 is 2.34 bits per heavy atom. The summed E-state index contributed by atoms with van der Waals surface area (Å²) in [6, 6.07) is 6.72. The fraction of sp³-hybridized carbons (Fsp3) is 0.500. The number of nitrogens with zero attached hydrogens (tertiary/aromatic N) is 3. The van der Waals surface area contributed by atoms with E-state index in [-0.39, 0.29) is 23.9 Å². The number of aromatic nitrogens is 2. The zero-order valence-corrected chi connectivity index (χ0v) is 17.0. The highest BCUT2D eigenvalue weighted by Crippen LogP contribution is 2.09. The molecule has 9 nitrogen and oxygen atoms in total. The number of aromatic amines is 1. The number of benzene rings is 1. The average molecular weight is 401 g/mol. The predicted molar refractivity (Wildman–Crippen MR) is 110 cm³/mol. The monoisotopic (exact) mass is 401 g/mol. The minimum atomic E-state index is -0.598. The second kappa shape index (κ2) is 8.20. The fourth-order valence-electron chi connectivity index (χ4n) is 3.45. The highest BCUT2D eigenvalue weighted by Gasteiger charge is 2.24. The second-order valence-electron chi connectivity index (χ2n) is 8.32. The molecule has 0 spiro atoms. The van der Waals surface area contributed by atoms with Crippen LogP contribution in [0.5, 0.6) is 0 Å². The highest BCUT2D eigenvalue weighted by atomic mass is 16.2. The standard InChI is InChI=1S/C20H27N5O4/c1-20(2,3)22-16(26)12-23-8-10-24(11-9-23)17(27)13-25-15-7-5-4-6-14(15)18(28)21-19(25)29/h4-7H,8-13H2,1-3H3,(H,22,26)(H,21,28,29). The lowest BCUT2D eigenvalue weighted by molar-refractivity contribution is -0.134. The van der Waals surface area contributed by atoms with E-state index in [0.717, 1.165) is 0 Å². The van der Waals surface area contributed by atoms with Gasteiger partial charge in [0.25, 0.3) is 5.56 Å². The van der Waals surface area contributed by atoms with E-state index in [9.17, 15) is 19.2 Å². The number of hydrogen-bond donors (Lipinski definition) is 2. The van der Waals surface area contributed by atoms with Gasteiger partial charge in [-0.1, -0.05) is 12.1 Å². The molecule has 2 aromatic rings. The van der Waals surface area contributed by atoms with E-state index in [2.05, 4.69) is 10.3 Å². The van der Waals surface area contributed by atoms with Crippen molar-refractivity contribution < 1.29 is 9.59 Å². The van der Waals surface area contributed by atoms with Gasteiger partial charge in [0.2, 0.25) is 11.8 Å². The molecule has 29 heavy (non-hydrogen) atoms. The van der Waals surface area contributed by atoms with Gasteiger partial charge in [0, 0.05) is 31.7 Å². The molecule has 1 aromatic heterocycles. The molecule has 0 bridgehead atoms. The van der Waals surface area contributed by atoms with Gasteiger partial charge < -0.3 is 10.2 Å². The van der Waals surface area contributed by atoms with Crippen molar-refractivity contribution in [2.75, 3.05) is 32.7 Å². The van der Waals surface area contributed by atoms with E-state index in [1.54, 1.807) is 29.2 Å².